The van der Waals surface area contributed by atoms with Gasteiger partial charge in [0.2, 0.25) is 0 Å². The number of rotatable bonds is 0. The van der Waals surface area contributed by atoms with Gasteiger partial charge in [-0.1, -0.05) is 0 Å². The molecule has 1 fully saturated rings. The average molecular weight is 379 g/mol. The Morgan fingerprint density at radius 1 is 1.15 bits per heavy atom. The Labute approximate surface area is 127 Å². The Hall–Kier alpha value is -1.07. The predicted octanol–water partition coefficient (Wildman–Crippen LogP) is 4.42. The number of alkyl halides is 2. The van der Waals surface area contributed by atoms with Crippen LogP contribution in [0.3, 0.4) is 0 Å². The molecule has 0 N–H and O–H groups in total. The van der Waals surface area contributed by atoms with Crippen LogP contribution in [0, 0.1) is 10.5 Å². The molecular formula is C17H18INO. The molecule has 0 aliphatic carbocycles. The summed E-state index contributed by atoms with van der Waals surface area (Å²) in [4.78, 5) is 2.50. The van der Waals surface area contributed by atoms with Gasteiger partial charge in [-0.3, -0.25) is 0 Å². The van der Waals surface area contributed by atoms with Crippen LogP contribution in [0.25, 0.3) is 0 Å². The summed E-state index contributed by atoms with van der Waals surface area (Å²) >= 11 is -1.25. The first-order chi connectivity index (χ1) is 9.72. The standard InChI is InChI=1S/C17H18INO/c1-12-7-8-16-13(9-12)15-10-19(2)11-18(15)14-5-3-4-6-17(14)20-16/h3-9,15H,10-11H2,1-2H3/t15-/m1/s1. The first-order valence-corrected chi connectivity index (χ1v) is 10.8. The second-order valence-electron chi connectivity index (χ2n) is 5.60. The number of hydrogen-bond donors (Lipinski definition) is 0. The minimum absolute atomic E-state index is 0.697. The zero-order valence-electron chi connectivity index (χ0n) is 11.8. The zero-order chi connectivity index (χ0) is 13.7. The van der Waals surface area contributed by atoms with E-state index < -0.39 is 19.8 Å². The van der Waals surface area contributed by atoms with E-state index in [1.165, 1.54) is 25.8 Å². The molecule has 2 aliphatic heterocycles. The number of hydrogen-bond acceptors (Lipinski definition) is 2. The number of fused-ring (bicyclic) bond motifs is 5. The van der Waals surface area contributed by atoms with Crippen LogP contribution >= 0.6 is 19.8 Å². The third-order valence-electron chi connectivity index (χ3n) is 3.94. The van der Waals surface area contributed by atoms with Crippen molar-refractivity contribution < 1.29 is 4.74 Å². The van der Waals surface area contributed by atoms with Gasteiger partial charge in [0, 0.05) is 0 Å². The quantitative estimate of drug-likeness (QED) is 0.382. The van der Waals surface area contributed by atoms with Crippen molar-refractivity contribution in [2.45, 2.75) is 10.8 Å². The molecule has 2 aromatic rings. The van der Waals surface area contributed by atoms with Crippen LogP contribution in [0.5, 0.6) is 11.5 Å². The van der Waals surface area contributed by atoms with Crippen LogP contribution in [0.2, 0.25) is 0 Å². The molecule has 0 radical (unpaired) electrons. The number of nitrogens with zero attached hydrogens (tertiary/aromatic N) is 1. The van der Waals surface area contributed by atoms with Crippen molar-refractivity contribution in [2.75, 3.05) is 18.1 Å². The van der Waals surface area contributed by atoms with Crippen molar-refractivity contribution in [1.82, 2.24) is 4.90 Å². The SMILES string of the molecule is Cc1ccc2c(c1)[C@H]1CN(C)CI1c1ccccc1O2. The average Bonchev–Trinajstić information content (AvgIpc) is 2.78. The van der Waals surface area contributed by atoms with Gasteiger partial charge in [0.05, 0.1) is 0 Å². The van der Waals surface area contributed by atoms with Gasteiger partial charge in [-0.25, -0.2) is 0 Å². The van der Waals surface area contributed by atoms with E-state index in [1.807, 2.05) is 0 Å². The van der Waals surface area contributed by atoms with Crippen LogP contribution in [0.4, 0.5) is 0 Å². The van der Waals surface area contributed by atoms with Crippen LogP contribution in [-0.2, 0) is 0 Å². The van der Waals surface area contributed by atoms with E-state index in [0.717, 1.165) is 11.5 Å². The fraction of sp³-hybridized carbons (Fsp3) is 0.294. The van der Waals surface area contributed by atoms with Gasteiger partial charge in [0.25, 0.3) is 0 Å². The van der Waals surface area contributed by atoms with Crippen molar-refractivity contribution >= 4 is 19.8 Å². The van der Waals surface area contributed by atoms with E-state index in [2.05, 4.69) is 61.3 Å². The van der Waals surface area contributed by atoms with E-state index in [0.29, 0.717) is 3.92 Å². The number of likely N-dealkylation sites (N-methyl/N-ethyl adjacent to an activating group) is 1. The van der Waals surface area contributed by atoms with E-state index in [1.54, 1.807) is 0 Å². The zero-order valence-corrected chi connectivity index (χ0v) is 13.9. The van der Waals surface area contributed by atoms with Crippen molar-refractivity contribution in [3.05, 3.63) is 57.2 Å². The number of halogens is 1. The van der Waals surface area contributed by atoms with Crippen molar-refractivity contribution in [3.8, 4) is 11.5 Å². The number of para-hydroxylation sites is 1. The molecule has 0 bridgehead atoms. The third kappa shape index (κ3) is 1.95. The summed E-state index contributed by atoms with van der Waals surface area (Å²) in [5.41, 5.74) is 2.78. The molecule has 0 spiro atoms. The van der Waals surface area contributed by atoms with Gasteiger partial charge in [-0.15, -0.1) is 0 Å². The van der Waals surface area contributed by atoms with Gasteiger partial charge in [-0.2, -0.15) is 0 Å². The molecule has 0 unspecified atom stereocenters. The molecule has 1 saturated heterocycles. The molecule has 2 aromatic carbocycles. The van der Waals surface area contributed by atoms with Crippen molar-refractivity contribution in [1.29, 1.82) is 0 Å². The summed E-state index contributed by atoms with van der Waals surface area (Å²) in [5.74, 6) is 2.17. The molecule has 4 rings (SSSR count). The Kier molecular flexibility index (Phi) is 3.00. The first-order valence-electron chi connectivity index (χ1n) is 6.92. The van der Waals surface area contributed by atoms with Gasteiger partial charge >= 0.3 is 127 Å². The van der Waals surface area contributed by atoms with Gasteiger partial charge in [0.1, 0.15) is 0 Å². The molecule has 2 aliphatic rings. The normalized spacial score (nSPS) is 22.5. The molecule has 0 saturated carbocycles. The Balaban J connectivity index is 1.93. The van der Waals surface area contributed by atoms with E-state index in [4.69, 9.17) is 4.74 Å². The first kappa shape index (κ1) is 12.7. The van der Waals surface area contributed by atoms with Gasteiger partial charge in [0.15, 0.2) is 0 Å². The fourth-order valence-electron chi connectivity index (χ4n) is 3.01. The Bertz CT molecular complexity index is 670. The maximum absolute atomic E-state index is 6.25. The molecule has 1 atom stereocenters. The summed E-state index contributed by atoms with van der Waals surface area (Å²) in [6.45, 7) is 3.36. The summed E-state index contributed by atoms with van der Waals surface area (Å²) in [5, 5.41) is 0. The molecule has 2 heterocycles. The van der Waals surface area contributed by atoms with Crippen LogP contribution in [0.15, 0.2) is 42.5 Å². The van der Waals surface area contributed by atoms with Gasteiger partial charge < -0.3 is 0 Å². The fourth-order valence-corrected chi connectivity index (χ4v) is 10.3. The third-order valence-corrected chi connectivity index (χ3v) is 11.1. The number of aryl methyl sites for hydroxylation is 1. The summed E-state index contributed by atoms with van der Waals surface area (Å²) in [7, 11) is 2.25. The molecule has 3 heteroatoms. The number of ether oxygens (including phenoxy) is 1. The predicted molar refractivity (Wildman–Crippen MR) is 90.7 cm³/mol. The summed E-state index contributed by atoms with van der Waals surface area (Å²) < 4.78 is 9.73. The van der Waals surface area contributed by atoms with Gasteiger partial charge in [-0.05, 0) is 0 Å². The second kappa shape index (κ2) is 4.74. The second-order valence-corrected chi connectivity index (χ2v) is 11.2. The topological polar surface area (TPSA) is 12.5 Å². The monoisotopic (exact) mass is 379 g/mol. The molecular weight excluding hydrogens is 361 g/mol. The van der Waals surface area contributed by atoms with E-state index >= 15 is 0 Å². The minimum atomic E-state index is -1.25. The Morgan fingerprint density at radius 3 is 2.90 bits per heavy atom. The van der Waals surface area contributed by atoms with Crippen LogP contribution in [0.1, 0.15) is 15.1 Å². The maximum atomic E-state index is 6.25. The van der Waals surface area contributed by atoms with Crippen LogP contribution < -0.4 is 4.74 Å². The Morgan fingerprint density at radius 2 is 2.00 bits per heavy atom. The van der Waals surface area contributed by atoms with Crippen molar-refractivity contribution in [3.63, 3.8) is 0 Å². The van der Waals surface area contributed by atoms with E-state index in [-0.39, 0.29) is 0 Å². The molecule has 0 amide bonds. The van der Waals surface area contributed by atoms with Crippen molar-refractivity contribution in [2.24, 2.45) is 0 Å². The van der Waals surface area contributed by atoms with E-state index in [9.17, 15) is 0 Å². The molecule has 104 valence electrons. The molecule has 0 aromatic heterocycles. The summed E-state index contributed by atoms with van der Waals surface area (Å²) in [6, 6.07) is 15.3. The van der Waals surface area contributed by atoms with Crippen LogP contribution in [-0.4, -0.2) is 23.0 Å². The molecule has 2 nitrogen and oxygen atoms in total. The summed E-state index contributed by atoms with van der Waals surface area (Å²) in [6.07, 6.45) is 0. The number of benzene rings is 2. The molecule has 20 heavy (non-hydrogen) atoms.